The number of benzene rings is 1. The molecule has 23 heavy (non-hydrogen) atoms. The molecule has 0 fully saturated rings. The molecule has 0 aliphatic carbocycles. The van der Waals surface area contributed by atoms with Gasteiger partial charge in [-0.3, -0.25) is 4.79 Å². The van der Waals surface area contributed by atoms with Gasteiger partial charge in [0.05, 0.1) is 21.8 Å². The fraction of sp³-hybridized carbons (Fsp3) is 0.375. The van der Waals surface area contributed by atoms with Crippen LogP contribution in [-0.4, -0.2) is 15.7 Å². The Labute approximate surface area is 153 Å². The van der Waals surface area contributed by atoms with Crippen molar-refractivity contribution in [2.45, 2.75) is 37.8 Å². The zero-order chi connectivity index (χ0) is 16.8. The van der Waals surface area contributed by atoms with Crippen LogP contribution in [0.2, 0.25) is 5.02 Å². The molecule has 7 heteroatoms. The number of hydrogen-bond donors (Lipinski definition) is 1. The number of rotatable bonds is 2. The number of amides is 1. The maximum absolute atomic E-state index is 12.7. The first-order valence-electron chi connectivity index (χ1n) is 7.23. The minimum atomic E-state index is -0.221. The van der Waals surface area contributed by atoms with E-state index in [1.54, 1.807) is 12.1 Å². The van der Waals surface area contributed by atoms with E-state index < -0.39 is 0 Å². The lowest BCUT2D eigenvalue weighted by Crippen LogP contribution is -2.27. The molecule has 0 spiro atoms. The summed E-state index contributed by atoms with van der Waals surface area (Å²) >= 11 is 11.4. The Morgan fingerprint density at radius 3 is 2.83 bits per heavy atom. The summed E-state index contributed by atoms with van der Waals surface area (Å²) in [6.07, 6.45) is 0. The lowest BCUT2D eigenvalue weighted by atomic mass is 10.1. The van der Waals surface area contributed by atoms with Crippen molar-refractivity contribution in [3.63, 3.8) is 0 Å². The van der Waals surface area contributed by atoms with Crippen molar-refractivity contribution < 1.29 is 4.79 Å². The number of anilines is 1. The number of carbonyl (C=O) groups is 1. The van der Waals surface area contributed by atoms with Crippen LogP contribution in [0.15, 0.2) is 22.7 Å². The number of nitrogens with one attached hydrogen (secondary N) is 1. The Hall–Kier alpha value is -0.980. The highest BCUT2D eigenvalue weighted by atomic mass is 79.9. The largest absolute Gasteiger partial charge is 0.306 e. The second-order valence-electron chi connectivity index (χ2n) is 6.43. The lowest BCUT2D eigenvalue weighted by molar-refractivity contribution is 0.102. The fourth-order valence-corrected chi connectivity index (χ4v) is 4.07. The second-order valence-corrected chi connectivity index (χ2v) is 8.74. The molecule has 0 radical (unpaired) electrons. The van der Waals surface area contributed by atoms with Gasteiger partial charge in [-0.15, -0.1) is 0 Å². The summed E-state index contributed by atoms with van der Waals surface area (Å²) in [5.41, 5.74) is 2.41. The first-order chi connectivity index (χ1) is 10.8. The quantitative estimate of drug-likeness (QED) is 0.747. The summed E-state index contributed by atoms with van der Waals surface area (Å²) in [7, 11) is 0. The monoisotopic (exact) mass is 413 g/mol. The van der Waals surface area contributed by atoms with E-state index in [4.69, 9.17) is 11.6 Å². The summed E-state index contributed by atoms with van der Waals surface area (Å²) in [5.74, 6) is 2.31. The van der Waals surface area contributed by atoms with Crippen molar-refractivity contribution in [2.24, 2.45) is 0 Å². The van der Waals surface area contributed by atoms with Crippen LogP contribution in [0.25, 0.3) is 0 Å². The van der Waals surface area contributed by atoms with Crippen LogP contribution in [0, 0.1) is 0 Å². The van der Waals surface area contributed by atoms with E-state index in [-0.39, 0.29) is 11.4 Å². The van der Waals surface area contributed by atoms with E-state index >= 15 is 0 Å². The SMILES string of the molecule is CC(C)(C)n1nc2c(c1NC(=O)c1cc(Br)ccc1Cl)CSC2. The van der Waals surface area contributed by atoms with Gasteiger partial charge in [0.25, 0.3) is 5.91 Å². The summed E-state index contributed by atoms with van der Waals surface area (Å²) in [4.78, 5) is 12.7. The van der Waals surface area contributed by atoms with Crippen LogP contribution >= 0.6 is 39.3 Å². The molecule has 2 heterocycles. The molecule has 1 aromatic heterocycles. The molecule has 1 aromatic carbocycles. The van der Waals surface area contributed by atoms with Gasteiger partial charge in [0.15, 0.2) is 0 Å². The van der Waals surface area contributed by atoms with Crippen molar-refractivity contribution >= 4 is 51.0 Å². The Kier molecular flexibility index (Phi) is 4.51. The number of aromatic nitrogens is 2. The molecular formula is C16H17BrClN3OS. The van der Waals surface area contributed by atoms with Gasteiger partial charge < -0.3 is 5.32 Å². The van der Waals surface area contributed by atoms with Gasteiger partial charge in [-0.1, -0.05) is 27.5 Å². The van der Waals surface area contributed by atoms with E-state index in [0.29, 0.717) is 10.6 Å². The van der Waals surface area contributed by atoms with E-state index in [1.165, 1.54) is 0 Å². The molecule has 0 saturated carbocycles. The van der Waals surface area contributed by atoms with Crippen LogP contribution in [0.5, 0.6) is 0 Å². The van der Waals surface area contributed by atoms with Crippen LogP contribution in [0.1, 0.15) is 42.4 Å². The molecule has 1 amide bonds. The molecule has 0 bridgehead atoms. The van der Waals surface area contributed by atoms with Crippen molar-refractivity contribution in [3.8, 4) is 0 Å². The minimum absolute atomic E-state index is 0.210. The van der Waals surface area contributed by atoms with Crippen LogP contribution in [0.4, 0.5) is 5.82 Å². The highest BCUT2D eigenvalue weighted by molar-refractivity contribution is 9.10. The maximum atomic E-state index is 12.7. The highest BCUT2D eigenvalue weighted by Gasteiger charge is 2.29. The molecule has 1 N–H and O–H groups in total. The molecule has 122 valence electrons. The number of carbonyl (C=O) groups excluding carboxylic acids is 1. The zero-order valence-corrected chi connectivity index (χ0v) is 16.3. The predicted octanol–water partition coefficient (Wildman–Crippen LogP) is 5.05. The average molecular weight is 415 g/mol. The summed E-state index contributed by atoms with van der Waals surface area (Å²) in [6, 6.07) is 5.25. The molecule has 0 unspecified atom stereocenters. The summed E-state index contributed by atoms with van der Waals surface area (Å²) in [6.45, 7) is 6.22. The Morgan fingerprint density at radius 1 is 1.39 bits per heavy atom. The van der Waals surface area contributed by atoms with Gasteiger partial charge >= 0.3 is 0 Å². The number of hydrogen-bond acceptors (Lipinski definition) is 3. The van der Waals surface area contributed by atoms with Crippen molar-refractivity contribution in [1.29, 1.82) is 0 Å². The third-order valence-corrected chi connectivity index (χ3v) is 5.39. The molecule has 1 aliphatic heterocycles. The van der Waals surface area contributed by atoms with Gasteiger partial charge in [-0.05, 0) is 39.0 Å². The molecule has 0 saturated heterocycles. The normalized spacial score (nSPS) is 14.0. The van der Waals surface area contributed by atoms with Gasteiger partial charge in [0.1, 0.15) is 5.82 Å². The Balaban J connectivity index is 2.00. The van der Waals surface area contributed by atoms with Gasteiger partial charge in [-0.2, -0.15) is 16.9 Å². The van der Waals surface area contributed by atoms with Crippen molar-refractivity contribution in [2.75, 3.05) is 5.32 Å². The summed E-state index contributed by atoms with van der Waals surface area (Å²) < 4.78 is 2.72. The molecule has 0 atom stereocenters. The van der Waals surface area contributed by atoms with E-state index in [1.807, 2.05) is 22.5 Å². The topological polar surface area (TPSA) is 46.9 Å². The number of halogens is 2. The third-order valence-electron chi connectivity index (χ3n) is 3.59. The van der Waals surface area contributed by atoms with Crippen LogP contribution in [0.3, 0.4) is 0 Å². The summed E-state index contributed by atoms with van der Waals surface area (Å²) in [5, 5.41) is 8.14. The van der Waals surface area contributed by atoms with Crippen molar-refractivity contribution in [1.82, 2.24) is 9.78 Å². The van der Waals surface area contributed by atoms with Gasteiger partial charge in [0.2, 0.25) is 0 Å². The molecule has 2 aromatic rings. The smallest absolute Gasteiger partial charge is 0.258 e. The number of nitrogens with zero attached hydrogens (tertiary/aromatic N) is 2. The Bertz CT molecular complexity index is 782. The number of thioether (sulfide) groups is 1. The average Bonchev–Trinajstić information content (AvgIpc) is 3.03. The van der Waals surface area contributed by atoms with Crippen molar-refractivity contribution in [3.05, 3.63) is 44.5 Å². The highest BCUT2D eigenvalue weighted by Crippen LogP contribution is 2.37. The third kappa shape index (κ3) is 3.30. The van der Waals surface area contributed by atoms with E-state index in [9.17, 15) is 4.79 Å². The van der Waals surface area contributed by atoms with Gasteiger partial charge in [-0.25, -0.2) is 4.68 Å². The fourth-order valence-electron chi connectivity index (χ4n) is 2.47. The predicted molar refractivity (Wildman–Crippen MR) is 99.3 cm³/mol. The molecule has 3 rings (SSSR count). The lowest BCUT2D eigenvalue weighted by Gasteiger charge is -2.23. The molecule has 1 aliphatic rings. The van der Waals surface area contributed by atoms with E-state index in [2.05, 4.69) is 47.1 Å². The molecule has 4 nitrogen and oxygen atoms in total. The van der Waals surface area contributed by atoms with Gasteiger partial charge in [0, 0.05) is 21.5 Å². The number of fused-ring (bicyclic) bond motifs is 1. The standard InChI is InChI=1S/C16H17BrClN3OS/c1-16(2,3)21-14(11-7-23-8-13(11)20-21)19-15(22)10-6-9(17)4-5-12(10)18/h4-6H,7-8H2,1-3H3,(H,19,22). The minimum Gasteiger partial charge on any atom is -0.306 e. The van der Waals surface area contributed by atoms with Crippen LogP contribution in [-0.2, 0) is 17.0 Å². The molecular weight excluding hydrogens is 398 g/mol. The van der Waals surface area contributed by atoms with E-state index in [0.717, 1.165) is 33.1 Å². The zero-order valence-electron chi connectivity index (χ0n) is 13.1. The van der Waals surface area contributed by atoms with Crippen LogP contribution < -0.4 is 5.32 Å². The maximum Gasteiger partial charge on any atom is 0.258 e. The second kappa shape index (κ2) is 6.15. The first kappa shape index (κ1) is 16.9. The Morgan fingerprint density at radius 2 is 2.13 bits per heavy atom. The first-order valence-corrected chi connectivity index (χ1v) is 9.55.